The third-order valence-electron chi connectivity index (χ3n) is 5.31. The maximum atomic E-state index is 14.0. The van der Waals surface area contributed by atoms with Gasteiger partial charge in [0, 0.05) is 10.0 Å². The average Bonchev–Trinajstić information content (AvgIpc) is 3.08. The summed E-state index contributed by atoms with van der Waals surface area (Å²) < 4.78 is 26.1. The number of carbonyl (C=O) groups is 2. The van der Waals surface area contributed by atoms with E-state index in [9.17, 15) is 14.0 Å². The second-order valence-electron chi connectivity index (χ2n) is 7.77. The summed E-state index contributed by atoms with van der Waals surface area (Å²) in [5.41, 5.74) is 3.11. The molecule has 0 aliphatic carbocycles. The molecule has 3 amide bonds. The van der Waals surface area contributed by atoms with Gasteiger partial charge in [0.1, 0.15) is 18.1 Å². The minimum absolute atomic E-state index is 0.0810. The molecule has 1 heterocycles. The van der Waals surface area contributed by atoms with Crippen molar-refractivity contribution in [3.05, 3.63) is 98.9 Å². The van der Waals surface area contributed by atoms with Crippen molar-refractivity contribution in [3.8, 4) is 11.5 Å². The number of imide groups is 1. The Balaban J connectivity index is 1.54. The first-order valence-corrected chi connectivity index (χ1v) is 11.3. The highest BCUT2D eigenvalue weighted by Gasteiger charge is 2.34. The zero-order valence-corrected chi connectivity index (χ0v) is 20.2. The smallest absolute Gasteiger partial charge is 0.329 e. The molecule has 0 bridgehead atoms. The van der Waals surface area contributed by atoms with Crippen LogP contribution in [0.1, 0.15) is 22.3 Å². The third-order valence-corrected chi connectivity index (χ3v) is 5.99. The van der Waals surface area contributed by atoms with Gasteiger partial charge in [-0.1, -0.05) is 64.0 Å². The van der Waals surface area contributed by atoms with Crippen molar-refractivity contribution < 1.29 is 23.5 Å². The van der Waals surface area contributed by atoms with Crippen LogP contribution in [-0.4, -0.2) is 23.9 Å². The molecule has 0 radical (unpaired) electrons. The van der Waals surface area contributed by atoms with Crippen molar-refractivity contribution in [1.82, 2.24) is 10.2 Å². The summed E-state index contributed by atoms with van der Waals surface area (Å²) in [6, 6.07) is 16.9. The van der Waals surface area contributed by atoms with Gasteiger partial charge in [-0.05, 0) is 42.3 Å². The molecule has 1 saturated heterocycles. The summed E-state index contributed by atoms with van der Waals surface area (Å²) >= 11 is 3.50. The number of nitrogens with zero attached hydrogens (tertiary/aromatic N) is 1. The number of rotatable bonds is 7. The second kappa shape index (κ2) is 10.1. The van der Waals surface area contributed by atoms with Gasteiger partial charge in [-0.15, -0.1) is 0 Å². The van der Waals surface area contributed by atoms with Crippen molar-refractivity contribution in [1.29, 1.82) is 0 Å². The molecule has 0 aromatic heterocycles. The Bertz CT molecular complexity index is 1290. The quantitative estimate of drug-likeness (QED) is 0.323. The van der Waals surface area contributed by atoms with Crippen molar-refractivity contribution in [2.24, 2.45) is 0 Å². The molecule has 34 heavy (non-hydrogen) atoms. The van der Waals surface area contributed by atoms with E-state index < -0.39 is 17.8 Å². The zero-order valence-electron chi connectivity index (χ0n) is 18.6. The number of amides is 3. The van der Waals surface area contributed by atoms with E-state index in [1.54, 1.807) is 30.3 Å². The van der Waals surface area contributed by atoms with Crippen molar-refractivity contribution in [2.75, 3.05) is 7.11 Å². The molecule has 4 rings (SSSR count). The largest absolute Gasteiger partial charge is 0.493 e. The van der Waals surface area contributed by atoms with Crippen LogP contribution in [-0.2, 0) is 17.9 Å². The molecule has 6 nitrogen and oxygen atoms in total. The Morgan fingerprint density at radius 2 is 1.85 bits per heavy atom. The molecule has 1 fully saturated rings. The van der Waals surface area contributed by atoms with E-state index in [1.807, 2.05) is 31.2 Å². The number of halogens is 2. The Hall–Kier alpha value is -3.65. The second-order valence-corrected chi connectivity index (χ2v) is 8.63. The number of methoxy groups -OCH3 is 1. The molecule has 8 heteroatoms. The highest BCUT2D eigenvalue weighted by atomic mass is 79.9. The van der Waals surface area contributed by atoms with Crippen LogP contribution in [0.25, 0.3) is 6.08 Å². The predicted octanol–water partition coefficient (Wildman–Crippen LogP) is 5.58. The maximum Gasteiger partial charge on any atom is 0.329 e. The van der Waals surface area contributed by atoms with Gasteiger partial charge in [0.05, 0.1) is 13.7 Å². The molecule has 0 unspecified atom stereocenters. The van der Waals surface area contributed by atoms with E-state index >= 15 is 0 Å². The number of urea groups is 1. The van der Waals surface area contributed by atoms with Crippen LogP contribution >= 0.6 is 15.9 Å². The summed E-state index contributed by atoms with van der Waals surface area (Å²) in [5, 5.41) is 2.56. The number of hydrogen-bond acceptors (Lipinski definition) is 4. The lowest BCUT2D eigenvalue weighted by atomic mass is 10.1. The Labute approximate surface area is 205 Å². The highest BCUT2D eigenvalue weighted by Crippen LogP contribution is 2.35. The summed E-state index contributed by atoms with van der Waals surface area (Å²) in [4.78, 5) is 26.2. The summed E-state index contributed by atoms with van der Waals surface area (Å²) in [7, 11) is 1.53. The van der Waals surface area contributed by atoms with Crippen molar-refractivity contribution in [2.45, 2.75) is 20.1 Å². The lowest BCUT2D eigenvalue weighted by Gasteiger charge is -2.13. The maximum absolute atomic E-state index is 14.0. The topological polar surface area (TPSA) is 67.9 Å². The summed E-state index contributed by atoms with van der Waals surface area (Å²) in [6.07, 6.45) is 1.54. The van der Waals surface area contributed by atoms with Gasteiger partial charge in [0.25, 0.3) is 5.91 Å². The van der Waals surface area contributed by atoms with Crippen LogP contribution < -0.4 is 14.8 Å². The monoisotopic (exact) mass is 524 g/mol. The van der Waals surface area contributed by atoms with Gasteiger partial charge in [-0.2, -0.15) is 0 Å². The fraction of sp³-hybridized carbons (Fsp3) is 0.154. The van der Waals surface area contributed by atoms with Gasteiger partial charge in [0.2, 0.25) is 0 Å². The fourth-order valence-corrected chi connectivity index (χ4v) is 4.00. The standard InChI is InChI=1S/C26H22BrFN2O4/c1-16-6-5-7-17(10-16)15-34-24-13-20(27)19(12-23(24)33-2)11-22-25(31)30(26(32)29-22)14-18-8-3-4-9-21(18)28/h3-13H,14-15H2,1-2H3,(H,29,32)/b22-11+. The van der Waals surface area contributed by atoms with Gasteiger partial charge in [-0.3, -0.25) is 9.69 Å². The van der Waals surface area contributed by atoms with E-state index in [-0.39, 0.29) is 17.8 Å². The zero-order chi connectivity index (χ0) is 24.2. The molecule has 0 saturated carbocycles. The van der Waals surface area contributed by atoms with E-state index in [2.05, 4.69) is 21.2 Å². The number of carbonyl (C=O) groups excluding carboxylic acids is 2. The lowest BCUT2D eigenvalue weighted by Crippen LogP contribution is -2.30. The average molecular weight is 525 g/mol. The van der Waals surface area contributed by atoms with Crippen LogP contribution in [0.3, 0.4) is 0 Å². The van der Waals surface area contributed by atoms with Crippen LogP contribution in [0.5, 0.6) is 11.5 Å². The molecule has 3 aromatic rings. The molecule has 1 N–H and O–H groups in total. The Morgan fingerprint density at radius 1 is 1.06 bits per heavy atom. The first-order valence-electron chi connectivity index (χ1n) is 10.5. The van der Waals surface area contributed by atoms with Crippen molar-refractivity contribution in [3.63, 3.8) is 0 Å². The van der Waals surface area contributed by atoms with Crippen molar-refractivity contribution >= 4 is 33.9 Å². The molecule has 1 aliphatic rings. The van der Waals surface area contributed by atoms with Crippen LogP contribution in [0.15, 0.2) is 70.8 Å². The molecule has 1 aliphatic heterocycles. The number of ether oxygens (including phenoxy) is 2. The van der Waals surface area contributed by atoms with Gasteiger partial charge in [0.15, 0.2) is 11.5 Å². The Morgan fingerprint density at radius 3 is 2.59 bits per heavy atom. The molecule has 3 aromatic carbocycles. The van der Waals surface area contributed by atoms with Gasteiger partial charge < -0.3 is 14.8 Å². The minimum Gasteiger partial charge on any atom is -0.493 e. The van der Waals surface area contributed by atoms with Gasteiger partial charge >= 0.3 is 6.03 Å². The number of nitrogens with one attached hydrogen (secondary N) is 1. The SMILES string of the molecule is COc1cc(/C=C2/NC(=O)N(Cc3ccccc3F)C2=O)c(Br)cc1OCc1cccc(C)c1. The first kappa shape index (κ1) is 23.5. The molecular weight excluding hydrogens is 503 g/mol. The highest BCUT2D eigenvalue weighted by molar-refractivity contribution is 9.10. The summed E-state index contributed by atoms with van der Waals surface area (Å²) in [5.74, 6) is -0.0168. The normalized spacial score (nSPS) is 14.5. The Kier molecular flexibility index (Phi) is 6.98. The summed E-state index contributed by atoms with van der Waals surface area (Å²) in [6.45, 7) is 2.22. The molecule has 0 atom stereocenters. The number of benzene rings is 3. The van der Waals surface area contributed by atoms with Crippen LogP contribution in [0, 0.1) is 12.7 Å². The lowest BCUT2D eigenvalue weighted by molar-refractivity contribution is -0.123. The van der Waals surface area contributed by atoms with E-state index in [0.717, 1.165) is 16.0 Å². The van der Waals surface area contributed by atoms with E-state index in [4.69, 9.17) is 9.47 Å². The first-order chi connectivity index (χ1) is 16.4. The fourth-order valence-electron chi connectivity index (χ4n) is 3.56. The molecule has 0 spiro atoms. The van der Waals surface area contributed by atoms with Gasteiger partial charge in [-0.25, -0.2) is 9.18 Å². The van der Waals surface area contributed by atoms with E-state index in [0.29, 0.717) is 28.1 Å². The third kappa shape index (κ3) is 5.12. The minimum atomic E-state index is -0.610. The van der Waals surface area contributed by atoms with Crippen LogP contribution in [0.4, 0.5) is 9.18 Å². The van der Waals surface area contributed by atoms with E-state index in [1.165, 1.54) is 19.2 Å². The number of aryl methyl sites for hydroxylation is 1. The predicted molar refractivity (Wildman–Crippen MR) is 130 cm³/mol. The number of hydrogen-bond donors (Lipinski definition) is 1. The molecule has 174 valence electrons. The van der Waals surface area contributed by atoms with Crippen LogP contribution in [0.2, 0.25) is 0 Å². The molecular formula is C26H22BrFN2O4.